The highest BCUT2D eigenvalue weighted by molar-refractivity contribution is 5.50. The molecule has 2 aromatic rings. The van der Waals surface area contributed by atoms with Gasteiger partial charge in [-0.25, -0.2) is 4.39 Å². The molecule has 5 heteroatoms. The fraction of sp³-hybridized carbons (Fsp3) is 0.250. The van der Waals surface area contributed by atoms with Crippen molar-refractivity contribution in [3.8, 4) is 0 Å². The topological polar surface area (TPSA) is 12.0 Å². The molecule has 1 N–H and O–H groups in total. The minimum atomic E-state index is -4.49. The SMILES string of the molecule is CCC(Nc1cc(C(F)(F)F)ccc1F)c1ccccc1. The van der Waals surface area contributed by atoms with Crippen LogP contribution in [0.5, 0.6) is 0 Å². The fourth-order valence-corrected chi connectivity index (χ4v) is 2.11. The lowest BCUT2D eigenvalue weighted by Gasteiger charge is -2.20. The number of hydrogen-bond acceptors (Lipinski definition) is 1. The Kier molecular flexibility index (Phi) is 4.50. The van der Waals surface area contributed by atoms with E-state index in [9.17, 15) is 17.6 Å². The molecule has 1 atom stereocenters. The summed E-state index contributed by atoms with van der Waals surface area (Å²) in [7, 11) is 0. The number of nitrogens with one attached hydrogen (secondary N) is 1. The second-order valence-electron chi connectivity index (χ2n) is 4.71. The monoisotopic (exact) mass is 297 g/mol. The Morgan fingerprint density at radius 1 is 1.05 bits per heavy atom. The van der Waals surface area contributed by atoms with Gasteiger partial charge in [0.05, 0.1) is 17.3 Å². The Labute approximate surface area is 120 Å². The van der Waals surface area contributed by atoms with Gasteiger partial charge in [-0.1, -0.05) is 37.3 Å². The number of alkyl halides is 3. The number of benzene rings is 2. The van der Waals surface area contributed by atoms with Gasteiger partial charge in [0, 0.05) is 0 Å². The van der Waals surface area contributed by atoms with Gasteiger partial charge in [0.15, 0.2) is 0 Å². The van der Waals surface area contributed by atoms with Crippen LogP contribution in [-0.4, -0.2) is 0 Å². The summed E-state index contributed by atoms with van der Waals surface area (Å²) in [4.78, 5) is 0. The van der Waals surface area contributed by atoms with E-state index in [2.05, 4.69) is 5.32 Å². The van der Waals surface area contributed by atoms with E-state index in [1.807, 2.05) is 37.3 Å². The van der Waals surface area contributed by atoms with Gasteiger partial charge in [0.25, 0.3) is 0 Å². The third-order valence-corrected chi connectivity index (χ3v) is 3.23. The van der Waals surface area contributed by atoms with Crippen LogP contribution in [0, 0.1) is 5.82 Å². The Morgan fingerprint density at radius 2 is 1.71 bits per heavy atom. The fourth-order valence-electron chi connectivity index (χ4n) is 2.11. The zero-order chi connectivity index (χ0) is 15.5. The normalized spacial score (nSPS) is 13.0. The van der Waals surface area contributed by atoms with Crippen molar-refractivity contribution in [2.45, 2.75) is 25.6 Å². The number of anilines is 1. The molecule has 0 spiro atoms. The first kappa shape index (κ1) is 15.4. The number of halogens is 4. The van der Waals surface area contributed by atoms with Gasteiger partial charge in [-0.2, -0.15) is 13.2 Å². The maximum atomic E-state index is 13.7. The molecule has 0 bridgehead atoms. The van der Waals surface area contributed by atoms with Crippen molar-refractivity contribution in [3.63, 3.8) is 0 Å². The highest BCUT2D eigenvalue weighted by atomic mass is 19.4. The molecule has 0 aliphatic heterocycles. The van der Waals surface area contributed by atoms with E-state index in [1.54, 1.807) is 0 Å². The van der Waals surface area contributed by atoms with Crippen LogP contribution < -0.4 is 5.32 Å². The van der Waals surface area contributed by atoms with Crippen LogP contribution in [0.3, 0.4) is 0 Å². The Bertz CT molecular complexity index is 593. The van der Waals surface area contributed by atoms with E-state index in [0.29, 0.717) is 6.42 Å². The summed E-state index contributed by atoms with van der Waals surface area (Å²) >= 11 is 0. The summed E-state index contributed by atoms with van der Waals surface area (Å²) in [6.45, 7) is 1.89. The average Bonchev–Trinajstić information content (AvgIpc) is 2.46. The van der Waals surface area contributed by atoms with Gasteiger partial charge >= 0.3 is 6.18 Å². The summed E-state index contributed by atoms with van der Waals surface area (Å²) in [5, 5.41) is 2.85. The predicted molar refractivity (Wildman–Crippen MR) is 74.5 cm³/mol. The highest BCUT2D eigenvalue weighted by Gasteiger charge is 2.31. The Morgan fingerprint density at radius 3 is 2.29 bits per heavy atom. The van der Waals surface area contributed by atoms with E-state index >= 15 is 0 Å². The quantitative estimate of drug-likeness (QED) is 0.744. The van der Waals surface area contributed by atoms with Crippen molar-refractivity contribution in [2.75, 3.05) is 5.32 Å². The highest BCUT2D eigenvalue weighted by Crippen LogP contribution is 2.33. The minimum absolute atomic E-state index is 0.138. The van der Waals surface area contributed by atoms with Crippen molar-refractivity contribution in [3.05, 3.63) is 65.5 Å². The van der Waals surface area contributed by atoms with Crippen molar-refractivity contribution in [1.82, 2.24) is 0 Å². The molecule has 1 unspecified atom stereocenters. The van der Waals surface area contributed by atoms with Crippen LogP contribution in [0.25, 0.3) is 0 Å². The Hall–Kier alpha value is -2.04. The summed E-state index contributed by atoms with van der Waals surface area (Å²) in [5.74, 6) is -0.697. The molecule has 0 heterocycles. The van der Waals surface area contributed by atoms with Crippen LogP contribution in [-0.2, 0) is 6.18 Å². The van der Waals surface area contributed by atoms with Crippen molar-refractivity contribution < 1.29 is 17.6 Å². The third kappa shape index (κ3) is 3.74. The molecule has 0 fully saturated rings. The molecular formula is C16H15F4N. The molecule has 0 aromatic heterocycles. The van der Waals surface area contributed by atoms with Gasteiger partial charge < -0.3 is 5.32 Å². The first-order valence-electron chi connectivity index (χ1n) is 6.60. The van der Waals surface area contributed by atoms with Crippen LogP contribution in [0.4, 0.5) is 23.2 Å². The molecule has 0 radical (unpaired) electrons. The number of hydrogen-bond donors (Lipinski definition) is 1. The third-order valence-electron chi connectivity index (χ3n) is 3.23. The standard InChI is InChI=1S/C16H15F4N/c1-2-14(11-6-4-3-5-7-11)21-15-10-12(16(18,19)20)8-9-13(15)17/h3-10,14,21H,2H2,1H3. The number of rotatable bonds is 4. The molecule has 0 aliphatic rings. The second-order valence-corrected chi connectivity index (χ2v) is 4.71. The van der Waals surface area contributed by atoms with E-state index < -0.39 is 17.6 Å². The predicted octanol–water partition coefficient (Wildman–Crippen LogP) is 5.41. The largest absolute Gasteiger partial charge is 0.416 e. The van der Waals surface area contributed by atoms with Crippen molar-refractivity contribution >= 4 is 5.69 Å². The van der Waals surface area contributed by atoms with Crippen LogP contribution in [0.15, 0.2) is 48.5 Å². The maximum absolute atomic E-state index is 13.7. The van der Waals surface area contributed by atoms with Gasteiger partial charge in [-0.05, 0) is 30.2 Å². The van der Waals surface area contributed by atoms with E-state index in [1.165, 1.54) is 0 Å². The molecule has 2 rings (SSSR count). The smallest absolute Gasteiger partial charge is 0.376 e. The molecular weight excluding hydrogens is 282 g/mol. The Balaban J connectivity index is 2.29. The maximum Gasteiger partial charge on any atom is 0.416 e. The molecule has 112 valence electrons. The van der Waals surface area contributed by atoms with Gasteiger partial charge in [0.1, 0.15) is 5.82 Å². The van der Waals surface area contributed by atoms with E-state index in [0.717, 1.165) is 23.8 Å². The molecule has 0 amide bonds. The van der Waals surface area contributed by atoms with Crippen molar-refractivity contribution in [1.29, 1.82) is 0 Å². The van der Waals surface area contributed by atoms with Crippen molar-refractivity contribution in [2.24, 2.45) is 0 Å². The summed E-state index contributed by atoms with van der Waals surface area (Å²) < 4.78 is 51.8. The zero-order valence-corrected chi connectivity index (χ0v) is 11.4. The van der Waals surface area contributed by atoms with E-state index in [4.69, 9.17) is 0 Å². The molecule has 0 saturated heterocycles. The van der Waals surface area contributed by atoms with Gasteiger partial charge in [0.2, 0.25) is 0 Å². The molecule has 0 aliphatic carbocycles. The van der Waals surface area contributed by atoms with E-state index in [-0.39, 0.29) is 11.7 Å². The van der Waals surface area contributed by atoms with Gasteiger partial charge in [-0.3, -0.25) is 0 Å². The zero-order valence-electron chi connectivity index (χ0n) is 11.4. The van der Waals surface area contributed by atoms with Crippen LogP contribution in [0.1, 0.15) is 30.5 Å². The minimum Gasteiger partial charge on any atom is -0.376 e. The lowest BCUT2D eigenvalue weighted by atomic mass is 10.0. The summed E-state index contributed by atoms with van der Waals surface area (Å²) in [5.41, 5.74) is -0.105. The first-order valence-corrected chi connectivity index (χ1v) is 6.60. The molecule has 2 aromatic carbocycles. The summed E-state index contributed by atoms with van der Waals surface area (Å²) in [6, 6.07) is 11.4. The molecule has 0 saturated carbocycles. The average molecular weight is 297 g/mol. The molecule has 21 heavy (non-hydrogen) atoms. The lowest BCUT2D eigenvalue weighted by Crippen LogP contribution is -2.12. The first-order chi connectivity index (χ1) is 9.91. The van der Waals surface area contributed by atoms with Crippen LogP contribution >= 0.6 is 0 Å². The lowest BCUT2D eigenvalue weighted by molar-refractivity contribution is -0.137. The molecule has 1 nitrogen and oxygen atoms in total. The summed E-state index contributed by atoms with van der Waals surface area (Å²) in [6.07, 6.45) is -3.86. The van der Waals surface area contributed by atoms with Gasteiger partial charge in [-0.15, -0.1) is 0 Å². The van der Waals surface area contributed by atoms with Crippen LogP contribution in [0.2, 0.25) is 0 Å². The second kappa shape index (κ2) is 6.16.